The Labute approximate surface area is 148 Å². The van der Waals surface area contributed by atoms with E-state index in [1.165, 1.54) is 11.6 Å². The van der Waals surface area contributed by atoms with E-state index >= 15 is 0 Å². The van der Waals surface area contributed by atoms with E-state index < -0.39 is 11.4 Å². The Morgan fingerprint density at radius 1 is 1.20 bits per heavy atom. The highest BCUT2D eigenvalue weighted by Gasteiger charge is 2.32. The molecule has 1 aromatic carbocycles. The van der Waals surface area contributed by atoms with Crippen LogP contribution in [-0.4, -0.2) is 28.9 Å². The van der Waals surface area contributed by atoms with E-state index in [1.807, 2.05) is 38.1 Å². The number of carbonyl (C=O) groups is 2. The fourth-order valence-electron chi connectivity index (χ4n) is 2.90. The molecular weight excluding hydrogens is 318 g/mol. The van der Waals surface area contributed by atoms with Crippen LogP contribution in [0.1, 0.15) is 53.8 Å². The number of hydrogen-bond acceptors (Lipinski definition) is 3. The average molecular weight is 343 g/mol. The predicted molar refractivity (Wildman–Crippen MR) is 95.7 cm³/mol. The van der Waals surface area contributed by atoms with Gasteiger partial charge >= 0.3 is 5.97 Å². The van der Waals surface area contributed by atoms with Crippen LogP contribution in [0.4, 0.5) is 0 Å². The van der Waals surface area contributed by atoms with Gasteiger partial charge in [-0.1, -0.05) is 31.2 Å². The number of carbonyl (C=O) groups excluding carboxylic acids is 1. The number of carboxylic acids is 1. The first-order valence-corrected chi connectivity index (χ1v) is 8.34. The summed E-state index contributed by atoms with van der Waals surface area (Å²) in [7, 11) is 1.70. The SMILES string of the molecule is CCc1ccc(C(C)(C)C(=O)N(C)Cc2cc(C(=O)O)c(C)o2)cc1. The molecule has 0 aliphatic carbocycles. The molecule has 1 aromatic heterocycles. The van der Waals surface area contributed by atoms with E-state index in [1.54, 1.807) is 18.9 Å². The first kappa shape index (κ1) is 18.8. The van der Waals surface area contributed by atoms with Crippen molar-refractivity contribution < 1.29 is 19.1 Å². The Morgan fingerprint density at radius 2 is 1.80 bits per heavy atom. The van der Waals surface area contributed by atoms with Gasteiger partial charge in [-0.3, -0.25) is 4.79 Å². The zero-order valence-corrected chi connectivity index (χ0v) is 15.4. The number of likely N-dealkylation sites (N-methyl/N-ethyl adjacent to an activating group) is 1. The van der Waals surface area contributed by atoms with E-state index in [0.717, 1.165) is 12.0 Å². The highest BCUT2D eigenvalue weighted by molar-refractivity contribution is 5.89. The standard InChI is InChI=1S/C20H25NO4/c1-6-14-7-9-15(10-8-14)20(3,4)19(24)21(5)12-16-11-17(18(22)23)13(2)25-16/h7-11H,6,12H2,1-5H3,(H,22,23). The summed E-state index contributed by atoms with van der Waals surface area (Å²) in [6, 6.07) is 9.54. The molecule has 5 heteroatoms. The van der Waals surface area contributed by atoms with Crippen molar-refractivity contribution in [1.82, 2.24) is 4.90 Å². The molecule has 0 saturated carbocycles. The van der Waals surface area contributed by atoms with Gasteiger partial charge in [0.2, 0.25) is 5.91 Å². The third kappa shape index (κ3) is 3.92. The first-order chi connectivity index (χ1) is 11.7. The number of amides is 1. The molecule has 0 unspecified atom stereocenters. The fraction of sp³-hybridized carbons (Fsp3) is 0.400. The van der Waals surface area contributed by atoms with Gasteiger partial charge in [0.1, 0.15) is 17.1 Å². The monoisotopic (exact) mass is 343 g/mol. The number of carboxylic acid groups (broad SMARTS) is 1. The number of rotatable bonds is 6. The Balaban J connectivity index is 2.17. The molecule has 25 heavy (non-hydrogen) atoms. The predicted octanol–water partition coefficient (Wildman–Crippen LogP) is 3.78. The number of benzene rings is 1. The molecular formula is C20H25NO4. The molecule has 1 N–H and O–H groups in total. The van der Waals surface area contributed by atoms with Crippen molar-refractivity contribution in [1.29, 1.82) is 0 Å². The minimum atomic E-state index is -1.03. The Morgan fingerprint density at radius 3 is 2.28 bits per heavy atom. The van der Waals surface area contributed by atoms with E-state index in [-0.39, 0.29) is 18.0 Å². The molecule has 0 spiro atoms. The van der Waals surface area contributed by atoms with Crippen molar-refractivity contribution in [2.75, 3.05) is 7.05 Å². The largest absolute Gasteiger partial charge is 0.478 e. The second-order valence-corrected chi connectivity index (χ2v) is 6.82. The van der Waals surface area contributed by atoms with Crippen LogP contribution < -0.4 is 0 Å². The lowest BCUT2D eigenvalue weighted by Crippen LogP contribution is -2.40. The lowest BCUT2D eigenvalue weighted by Gasteiger charge is -2.29. The fourth-order valence-corrected chi connectivity index (χ4v) is 2.90. The molecule has 0 aliphatic rings. The quantitative estimate of drug-likeness (QED) is 0.866. The number of furan rings is 1. The second-order valence-electron chi connectivity index (χ2n) is 6.82. The van der Waals surface area contributed by atoms with Crippen LogP contribution in [0.25, 0.3) is 0 Å². The van der Waals surface area contributed by atoms with Gasteiger partial charge in [-0.2, -0.15) is 0 Å². The van der Waals surface area contributed by atoms with Gasteiger partial charge in [0.05, 0.1) is 12.0 Å². The Hall–Kier alpha value is -2.56. The van der Waals surface area contributed by atoms with Crippen molar-refractivity contribution >= 4 is 11.9 Å². The van der Waals surface area contributed by atoms with Crippen molar-refractivity contribution in [3.8, 4) is 0 Å². The van der Waals surface area contributed by atoms with Crippen LogP contribution in [0.15, 0.2) is 34.7 Å². The van der Waals surface area contributed by atoms with Gasteiger partial charge in [0.15, 0.2) is 0 Å². The maximum Gasteiger partial charge on any atom is 0.339 e. The average Bonchev–Trinajstić information content (AvgIpc) is 2.94. The number of aryl methyl sites for hydroxylation is 2. The third-order valence-corrected chi connectivity index (χ3v) is 4.56. The van der Waals surface area contributed by atoms with Crippen LogP contribution >= 0.6 is 0 Å². The maximum absolute atomic E-state index is 12.9. The van der Waals surface area contributed by atoms with E-state index in [2.05, 4.69) is 6.92 Å². The van der Waals surface area contributed by atoms with Crippen molar-refractivity contribution in [3.63, 3.8) is 0 Å². The summed E-state index contributed by atoms with van der Waals surface area (Å²) < 4.78 is 5.47. The summed E-state index contributed by atoms with van der Waals surface area (Å²) in [4.78, 5) is 25.6. The Bertz CT molecular complexity index is 771. The smallest absolute Gasteiger partial charge is 0.339 e. The van der Waals surface area contributed by atoms with Gasteiger partial charge in [-0.05, 0) is 44.4 Å². The molecule has 0 aliphatic heterocycles. The van der Waals surface area contributed by atoms with Crippen LogP contribution in [0.2, 0.25) is 0 Å². The Kier molecular flexibility index (Phi) is 5.36. The summed E-state index contributed by atoms with van der Waals surface area (Å²) >= 11 is 0. The molecule has 0 saturated heterocycles. The lowest BCUT2D eigenvalue weighted by molar-refractivity contribution is -0.135. The topological polar surface area (TPSA) is 70.8 Å². The number of aromatic carboxylic acids is 1. The minimum absolute atomic E-state index is 0.0531. The van der Waals surface area contributed by atoms with Gasteiger partial charge in [0.25, 0.3) is 0 Å². The third-order valence-electron chi connectivity index (χ3n) is 4.56. The van der Waals surface area contributed by atoms with E-state index in [4.69, 9.17) is 9.52 Å². The first-order valence-electron chi connectivity index (χ1n) is 8.34. The van der Waals surface area contributed by atoms with Gasteiger partial charge in [-0.15, -0.1) is 0 Å². The second kappa shape index (κ2) is 7.13. The summed E-state index contributed by atoms with van der Waals surface area (Å²) in [5.41, 5.74) is 1.62. The summed E-state index contributed by atoms with van der Waals surface area (Å²) in [6.07, 6.45) is 0.957. The molecule has 2 rings (SSSR count). The molecule has 0 atom stereocenters. The normalized spacial score (nSPS) is 11.4. The van der Waals surface area contributed by atoms with Gasteiger partial charge < -0.3 is 14.4 Å². The molecule has 0 bridgehead atoms. The van der Waals surface area contributed by atoms with Gasteiger partial charge in [-0.25, -0.2) is 4.79 Å². The van der Waals surface area contributed by atoms with Crippen LogP contribution in [0.5, 0.6) is 0 Å². The zero-order valence-electron chi connectivity index (χ0n) is 15.4. The molecule has 0 fully saturated rings. The molecule has 2 aromatic rings. The highest BCUT2D eigenvalue weighted by Crippen LogP contribution is 2.27. The summed E-state index contributed by atoms with van der Waals surface area (Å²) in [5.74, 6) is -0.277. The van der Waals surface area contributed by atoms with E-state index in [9.17, 15) is 9.59 Å². The van der Waals surface area contributed by atoms with Crippen molar-refractivity contribution in [2.45, 2.75) is 46.1 Å². The van der Waals surface area contributed by atoms with Crippen molar-refractivity contribution in [2.24, 2.45) is 0 Å². The number of nitrogens with zero attached hydrogens (tertiary/aromatic N) is 1. The van der Waals surface area contributed by atoms with Crippen LogP contribution in [0, 0.1) is 6.92 Å². The summed E-state index contributed by atoms with van der Waals surface area (Å²) in [5, 5.41) is 9.10. The molecule has 5 nitrogen and oxygen atoms in total. The molecule has 1 heterocycles. The molecule has 1 amide bonds. The highest BCUT2D eigenvalue weighted by atomic mass is 16.4. The molecule has 134 valence electrons. The van der Waals surface area contributed by atoms with Gasteiger partial charge in [0, 0.05) is 7.05 Å². The van der Waals surface area contributed by atoms with Crippen LogP contribution in [-0.2, 0) is 23.2 Å². The van der Waals surface area contributed by atoms with Crippen LogP contribution in [0.3, 0.4) is 0 Å². The summed E-state index contributed by atoms with van der Waals surface area (Å²) in [6.45, 7) is 7.71. The van der Waals surface area contributed by atoms with Crippen molar-refractivity contribution in [3.05, 3.63) is 58.5 Å². The maximum atomic E-state index is 12.9. The minimum Gasteiger partial charge on any atom is -0.478 e. The number of hydrogen-bond donors (Lipinski definition) is 1. The lowest BCUT2D eigenvalue weighted by atomic mass is 9.82. The molecule has 0 radical (unpaired) electrons. The zero-order chi connectivity index (χ0) is 18.8. The van der Waals surface area contributed by atoms with E-state index in [0.29, 0.717) is 11.5 Å².